The first-order chi connectivity index (χ1) is 8.17. The van der Waals surface area contributed by atoms with Crippen LogP contribution in [0.25, 0.3) is 0 Å². The molecule has 0 radical (unpaired) electrons. The molecule has 3 heteroatoms. The van der Waals surface area contributed by atoms with E-state index in [1.165, 1.54) is 38.5 Å². The summed E-state index contributed by atoms with van der Waals surface area (Å²) in [5.74, 6) is 1.09. The Kier molecular flexibility index (Phi) is 2.64. The Morgan fingerprint density at radius 2 is 2.00 bits per heavy atom. The van der Waals surface area contributed by atoms with Gasteiger partial charge in [-0.05, 0) is 24.7 Å². The summed E-state index contributed by atoms with van der Waals surface area (Å²) in [7, 11) is 0. The summed E-state index contributed by atoms with van der Waals surface area (Å²) in [5, 5.41) is 3.64. The first-order valence-electron chi connectivity index (χ1n) is 6.96. The molecule has 2 fully saturated rings. The molecular formula is C14H23N3. The number of aromatic nitrogens is 2. The third kappa shape index (κ3) is 2.20. The number of nitrogens with one attached hydrogen (secondary N) is 1. The zero-order valence-corrected chi connectivity index (χ0v) is 10.9. The van der Waals surface area contributed by atoms with E-state index in [2.05, 4.69) is 34.9 Å². The highest BCUT2D eigenvalue weighted by atomic mass is 15.2. The van der Waals surface area contributed by atoms with Crippen molar-refractivity contribution in [3.63, 3.8) is 0 Å². The summed E-state index contributed by atoms with van der Waals surface area (Å²) >= 11 is 0. The fourth-order valence-corrected chi connectivity index (χ4v) is 3.02. The van der Waals surface area contributed by atoms with Crippen molar-refractivity contribution < 1.29 is 0 Å². The second kappa shape index (κ2) is 4.04. The van der Waals surface area contributed by atoms with Gasteiger partial charge in [-0.2, -0.15) is 0 Å². The highest BCUT2D eigenvalue weighted by Gasteiger charge is 2.47. The number of rotatable bonds is 3. The average Bonchev–Trinajstić information content (AvgIpc) is 2.74. The van der Waals surface area contributed by atoms with Gasteiger partial charge in [-0.3, -0.25) is 0 Å². The summed E-state index contributed by atoms with van der Waals surface area (Å²) in [6.45, 7) is 4.67. The minimum Gasteiger partial charge on any atom is -0.353 e. The predicted octanol–water partition coefficient (Wildman–Crippen LogP) is 3.60. The first kappa shape index (κ1) is 11.1. The van der Waals surface area contributed by atoms with E-state index in [1.54, 1.807) is 0 Å². The molecule has 0 saturated heterocycles. The van der Waals surface area contributed by atoms with Gasteiger partial charge in [0.25, 0.3) is 0 Å². The van der Waals surface area contributed by atoms with Gasteiger partial charge in [-0.15, -0.1) is 0 Å². The lowest BCUT2D eigenvalue weighted by molar-refractivity contribution is 0.457. The molecule has 0 aromatic carbocycles. The summed E-state index contributed by atoms with van der Waals surface area (Å²) in [4.78, 5) is 4.49. The standard InChI is InChI=1S/C14H23N3/c1-14(2)10-12(14)17-9-8-15-13(17)16-11-6-4-3-5-7-11/h8-9,11-12H,3-7,10H2,1-2H3,(H,15,16). The molecule has 94 valence electrons. The molecule has 1 atom stereocenters. The maximum Gasteiger partial charge on any atom is 0.203 e. The maximum atomic E-state index is 4.49. The van der Waals surface area contributed by atoms with E-state index < -0.39 is 0 Å². The minimum atomic E-state index is 0.462. The van der Waals surface area contributed by atoms with Gasteiger partial charge in [0.2, 0.25) is 5.95 Å². The zero-order chi connectivity index (χ0) is 11.9. The van der Waals surface area contributed by atoms with Crippen molar-refractivity contribution >= 4 is 5.95 Å². The van der Waals surface area contributed by atoms with Crippen molar-refractivity contribution in [1.29, 1.82) is 0 Å². The molecule has 1 aromatic rings. The molecule has 0 bridgehead atoms. The van der Waals surface area contributed by atoms with Crippen molar-refractivity contribution in [2.45, 2.75) is 64.5 Å². The minimum absolute atomic E-state index is 0.462. The summed E-state index contributed by atoms with van der Waals surface area (Å²) < 4.78 is 2.34. The van der Waals surface area contributed by atoms with Crippen LogP contribution in [-0.4, -0.2) is 15.6 Å². The van der Waals surface area contributed by atoms with Crippen molar-refractivity contribution in [3.8, 4) is 0 Å². The second-order valence-corrected chi connectivity index (χ2v) is 6.35. The molecule has 3 rings (SSSR count). The Balaban J connectivity index is 1.69. The van der Waals surface area contributed by atoms with Gasteiger partial charge < -0.3 is 9.88 Å². The van der Waals surface area contributed by atoms with Crippen LogP contribution in [0.2, 0.25) is 0 Å². The number of anilines is 1. The van der Waals surface area contributed by atoms with E-state index in [4.69, 9.17) is 0 Å². The zero-order valence-electron chi connectivity index (χ0n) is 10.9. The molecule has 1 heterocycles. The quantitative estimate of drug-likeness (QED) is 0.864. The van der Waals surface area contributed by atoms with E-state index >= 15 is 0 Å². The van der Waals surface area contributed by atoms with Gasteiger partial charge in [-0.1, -0.05) is 33.1 Å². The Labute approximate surface area is 104 Å². The van der Waals surface area contributed by atoms with E-state index in [0.717, 1.165) is 5.95 Å². The number of hydrogen-bond donors (Lipinski definition) is 1. The maximum absolute atomic E-state index is 4.49. The Hall–Kier alpha value is -0.990. The largest absolute Gasteiger partial charge is 0.353 e. The lowest BCUT2D eigenvalue weighted by atomic mass is 9.96. The highest BCUT2D eigenvalue weighted by molar-refractivity contribution is 5.30. The molecule has 1 unspecified atom stereocenters. The van der Waals surface area contributed by atoms with Gasteiger partial charge in [0, 0.05) is 24.5 Å². The molecule has 0 amide bonds. The van der Waals surface area contributed by atoms with Crippen molar-refractivity contribution in [3.05, 3.63) is 12.4 Å². The fourth-order valence-electron chi connectivity index (χ4n) is 3.02. The monoisotopic (exact) mass is 233 g/mol. The van der Waals surface area contributed by atoms with E-state index in [9.17, 15) is 0 Å². The van der Waals surface area contributed by atoms with Crippen molar-refractivity contribution in [2.75, 3.05) is 5.32 Å². The SMILES string of the molecule is CC1(C)CC1n1ccnc1NC1CCCCC1. The van der Waals surface area contributed by atoms with E-state index in [1.807, 2.05) is 6.20 Å². The van der Waals surface area contributed by atoms with Gasteiger partial charge in [-0.25, -0.2) is 4.98 Å². The second-order valence-electron chi connectivity index (χ2n) is 6.35. The van der Waals surface area contributed by atoms with Crippen LogP contribution in [0.1, 0.15) is 58.4 Å². The highest BCUT2D eigenvalue weighted by Crippen LogP contribution is 2.56. The molecule has 3 nitrogen and oxygen atoms in total. The lowest BCUT2D eigenvalue weighted by Gasteiger charge is -2.24. The first-order valence-corrected chi connectivity index (χ1v) is 6.96. The van der Waals surface area contributed by atoms with Gasteiger partial charge in [0.15, 0.2) is 0 Å². The molecule has 2 saturated carbocycles. The molecule has 1 aromatic heterocycles. The Morgan fingerprint density at radius 1 is 1.29 bits per heavy atom. The van der Waals surface area contributed by atoms with Crippen LogP contribution < -0.4 is 5.32 Å². The third-order valence-electron chi connectivity index (χ3n) is 4.40. The van der Waals surface area contributed by atoms with Gasteiger partial charge >= 0.3 is 0 Å². The van der Waals surface area contributed by atoms with E-state index in [0.29, 0.717) is 17.5 Å². The average molecular weight is 233 g/mol. The number of imidazole rings is 1. The molecule has 2 aliphatic rings. The van der Waals surface area contributed by atoms with Crippen LogP contribution in [-0.2, 0) is 0 Å². The molecular weight excluding hydrogens is 210 g/mol. The molecule has 2 aliphatic carbocycles. The van der Waals surface area contributed by atoms with Crippen LogP contribution >= 0.6 is 0 Å². The van der Waals surface area contributed by atoms with Crippen LogP contribution in [0.15, 0.2) is 12.4 Å². The number of hydrogen-bond acceptors (Lipinski definition) is 2. The van der Waals surface area contributed by atoms with Crippen LogP contribution in [0.5, 0.6) is 0 Å². The number of nitrogens with zero attached hydrogens (tertiary/aromatic N) is 2. The van der Waals surface area contributed by atoms with E-state index in [-0.39, 0.29) is 0 Å². The lowest BCUT2D eigenvalue weighted by Crippen LogP contribution is -2.24. The fraction of sp³-hybridized carbons (Fsp3) is 0.786. The topological polar surface area (TPSA) is 29.9 Å². The normalized spacial score (nSPS) is 28.0. The molecule has 17 heavy (non-hydrogen) atoms. The summed E-state index contributed by atoms with van der Waals surface area (Å²) in [5.41, 5.74) is 0.462. The van der Waals surface area contributed by atoms with Crippen LogP contribution in [0, 0.1) is 5.41 Å². The molecule has 0 aliphatic heterocycles. The summed E-state index contributed by atoms with van der Waals surface area (Å²) in [6.07, 6.45) is 12.1. The molecule has 0 spiro atoms. The Morgan fingerprint density at radius 3 is 2.65 bits per heavy atom. The van der Waals surface area contributed by atoms with Crippen molar-refractivity contribution in [1.82, 2.24) is 9.55 Å². The van der Waals surface area contributed by atoms with Gasteiger partial charge in [0.05, 0.1) is 0 Å². The van der Waals surface area contributed by atoms with Gasteiger partial charge in [0.1, 0.15) is 0 Å². The van der Waals surface area contributed by atoms with Crippen molar-refractivity contribution in [2.24, 2.45) is 5.41 Å². The Bertz CT molecular complexity index is 388. The van der Waals surface area contributed by atoms with Crippen LogP contribution in [0.4, 0.5) is 5.95 Å². The smallest absolute Gasteiger partial charge is 0.203 e. The molecule has 1 N–H and O–H groups in total. The van der Waals surface area contributed by atoms with Crippen LogP contribution in [0.3, 0.4) is 0 Å². The summed E-state index contributed by atoms with van der Waals surface area (Å²) in [6, 6.07) is 1.29. The predicted molar refractivity (Wildman–Crippen MR) is 70.2 cm³/mol. The third-order valence-corrected chi connectivity index (χ3v) is 4.40.